The van der Waals surface area contributed by atoms with Gasteiger partial charge in [-0.2, -0.15) is 0 Å². The highest BCUT2D eigenvalue weighted by atomic mass is 16.3. The molecule has 10 rings (SSSR count). The first-order valence-electron chi connectivity index (χ1n) is 18.7. The number of fused-ring (bicyclic) bond motifs is 7. The van der Waals surface area contributed by atoms with E-state index in [1.165, 1.54) is 9.13 Å². The van der Waals surface area contributed by atoms with Crippen molar-refractivity contribution in [1.82, 2.24) is 9.13 Å². The number of benzene rings is 8. The number of aromatic nitrogens is 2. The first-order valence-corrected chi connectivity index (χ1v) is 18.7. The summed E-state index contributed by atoms with van der Waals surface area (Å²) in [5.74, 6) is -6.03. The van der Waals surface area contributed by atoms with E-state index in [9.17, 15) is 40.9 Å². The normalized spacial score (nSPS) is 11.7. The van der Waals surface area contributed by atoms with Crippen LogP contribution in [0.25, 0.3) is 88.4 Å². The molecule has 10 nitrogen and oxygen atoms in total. The topological polar surface area (TPSA) is 172 Å². The Morgan fingerprint density at radius 1 is 0.283 bits per heavy atom. The van der Waals surface area contributed by atoms with E-state index in [-0.39, 0.29) is 43.6 Å². The van der Waals surface area contributed by atoms with Crippen molar-refractivity contribution in [3.63, 3.8) is 0 Å². The minimum Gasteiger partial charge on any atom is -0.508 e. The summed E-state index contributed by atoms with van der Waals surface area (Å²) in [5.41, 5.74) is 4.04. The molecule has 0 amide bonds. The number of hydrogen-bond donors (Lipinski definition) is 8. The third-order valence-corrected chi connectivity index (χ3v) is 11.3. The fourth-order valence-corrected chi connectivity index (χ4v) is 8.45. The van der Waals surface area contributed by atoms with E-state index in [1.807, 2.05) is 91.0 Å². The first-order chi connectivity index (χ1) is 29.0. The summed E-state index contributed by atoms with van der Waals surface area (Å²) in [6, 6.07) is 41.3. The molecule has 12 heteroatoms. The van der Waals surface area contributed by atoms with Crippen molar-refractivity contribution in [3.05, 3.63) is 133 Å². The Hall–Kier alpha value is -8.11. The van der Waals surface area contributed by atoms with Gasteiger partial charge in [0.05, 0.1) is 10.8 Å². The number of rotatable bonds is 5. The molecule has 0 saturated heterocycles. The van der Waals surface area contributed by atoms with Gasteiger partial charge in [0.1, 0.15) is 49.3 Å². The molecule has 0 spiro atoms. The lowest BCUT2D eigenvalue weighted by Crippen LogP contribution is -2.05. The van der Waals surface area contributed by atoms with Gasteiger partial charge in [0.2, 0.25) is 0 Å². The van der Waals surface area contributed by atoms with Crippen LogP contribution in [0.5, 0.6) is 46.0 Å². The SMILES string of the molecule is [B]c1c(O)c(O)c2c(c1O)c1c3c4c(O)c([B])c(O)c(O)c4n(-c4cccc(-c5ccc(-c6ccccc6)cc5)c4)c3c(O)c(O)c1n2-c1ccc(-c2ccccc2)cc1. The van der Waals surface area contributed by atoms with Crippen LogP contribution in [0, 0.1) is 0 Å². The van der Waals surface area contributed by atoms with Crippen molar-refractivity contribution in [2.45, 2.75) is 0 Å². The summed E-state index contributed by atoms with van der Waals surface area (Å²) >= 11 is 0. The Kier molecular flexibility index (Phi) is 7.99. The maximum absolute atomic E-state index is 12.2. The van der Waals surface area contributed by atoms with Crippen LogP contribution >= 0.6 is 0 Å². The van der Waals surface area contributed by atoms with E-state index >= 15 is 0 Å². The van der Waals surface area contributed by atoms with Crippen LogP contribution < -0.4 is 10.9 Å². The van der Waals surface area contributed by atoms with Crippen LogP contribution in [-0.2, 0) is 0 Å². The Labute approximate surface area is 343 Å². The fraction of sp³-hybridized carbons (Fsp3) is 0. The molecule has 0 fully saturated rings. The molecule has 8 aromatic carbocycles. The Balaban J connectivity index is 1.33. The van der Waals surface area contributed by atoms with E-state index in [2.05, 4.69) is 0 Å². The van der Waals surface area contributed by atoms with Gasteiger partial charge in [-0.05, 0) is 68.6 Å². The molecule has 0 unspecified atom stereocenters. The van der Waals surface area contributed by atoms with Crippen molar-refractivity contribution >= 4 is 70.2 Å². The minimum atomic E-state index is -0.841. The monoisotopic (exact) mass is 784 g/mol. The van der Waals surface area contributed by atoms with E-state index < -0.39 is 56.9 Å². The molecule has 2 aromatic heterocycles. The molecule has 10 aromatic rings. The van der Waals surface area contributed by atoms with Crippen LogP contribution in [-0.4, -0.2) is 65.7 Å². The van der Waals surface area contributed by atoms with Gasteiger partial charge in [0, 0.05) is 22.1 Å². The van der Waals surface area contributed by atoms with Gasteiger partial charge in [-0.15, -0.1) is 0 Å². The molecule has 286 valence electrons. The zero-order valence-electron chi connectivity index (χ0n) is 31.3. The van der Waals surface area contributed by atoms with Crippen molar-refractivity contribution in [2.24, 2.45) is 0 Å². The zero-order chi connectivity index (χ0) is 41.7. The molecule has 8 N–H and O–H groups in total. The molecule has 0 aliphatic rings. The zero-order valence-corrected chi connectivity index (χ0v) is 31.3. The standard InChI is InChI=1S/C48H30B2N2O8/c49-35-41(53)33-31-32-34-40(46(58)44(56)36(50)42(34)54)52(30-13-7-12-28(22-30)27-16-14-25(15-17-27)23-8-3-1-4-9-23)38(32)48(60)47(59)37(31)51(39(33)45(57)43(35)55)29-20-18-26(19-21-29)24-10-5-2-6-11-24/h1-22,53-60H. The maximum atomic E-state index is 12.2. The van der Waals surface area contributed by atoms with Gasteiger partial charge < -0.3 is 50.0 Å². The third kappa shape index (κ3) is 5.04. The molecular formula is C48H30B2N2O8. The van der Waals surface area contributed by atoms with Gasteiger partial charge >= 0.3 is 0 Å². The largest absolute Gasteiger partial charge is 0.508 e. The second-order valence-corrected chi connectivity index (χ2v) is 14.6. The van der Waals surface area contributed by atoms with Crippen molar-refractivity contribution in [1.29, 1.82) is 0 Å². The summed E-state index contributed by atoms with van der Waals surface area (Å²) in [7, 11) is 12.4. The van der Waals surface area contributed by atoms with Gasteiger partial charge in [0.15, 0.2) is 34.5 Å². The lowest BCUT2D eigenvalue weighted by Gasteiger charge is -2.15. The summed E-state index contributed by atoms with van der Waals surface area (Å²) in [6.07, 6.45) is 0. The fourth-order valence-electron chi connectivity index (χ4n) is 8.45. The number of hydrogen-bond acceptors (Lipinski definition) is 8. The van der Waals surface area contributed by atoms with E-state index in [0.29, 0.717) is 11.4 Å². The number of phenols is 8. The lowest BCUT2D eigenvalue weighted by atomic mass is 9.89. The van der Waals surface area contributed by atoms with E-state index in [0.717, 1.165) is 33.4 Å². The quantitative estimate of drug-likeness (QED) is 0.0492. The van der Waals surface area contributed by atoms with Crippen LogP contribution in [0.4, 0.5) is 0 Å². The minimum absolute atomic E-state index is 0.0573. The highest BCUT2D eigenvalue weighted by Crippen LogP contribution is 2.57. The second-order valence-electron chi connectivity index (χ2n) is 14.6. The van der Waals surface area contributed by atoms with Gasteiger partial charge in [-0.25, -0.2) is 0 Å². The van der Waals surface area contributed by atoms with Crippen molar-refractivity contribution < 1.29 is 40.9 Å². The molecule has 0 aliphatic carbocycles. The Bertz CT molecular complexity index is 3400. The average molecular weight is 784 g/mol. The maximum Gasteiger partial charge on any atom is 0.185 e. The molecule has 60 heavy (non-hydrogen) atoms. The molecule has 4 radical (unpaired) electrons. The molecule has 2 heterocycles. The molecule has 0 aliphatic heterocycles. The summed E-state index contributed by atoms with van der Waals surface area (Å²) in [6.45, 7) is 0. The highest BCUT2D eigenvalue weighted by molar-refractivity contribution is 6.44. The van der Waals surface area contributed by atoms with Crippen LogP contribution in [0.3, 0.4) is 0 Å². The number of nitrogens with zero attached hydrogens (tertiary/aromatic N) is 2. The van der Waals surface area contributed by atoms with Crippen molar-refractivity contribution in [2.75, 3.05) is 0 Å². The Morgan fingerprint density at radius 2 is 0.617 bits per heavy atom. The van der Waals surface area contributed by atoms with Crippen molar-refractivity contribution in [3.8, 4) is 90.8 Å². The molecule has 0 bridgehead atoms. The second kappa shape index (κ2) is 13.2. The third-order valence-electron chi connectivity index (χ3n) is 11.3. The van der Waals surface area contributed by atoms with Gasteiger partial charge in [-0.3, -0.25) is 0 Å². The van der Waals surface area contributed by atoms with E-state index in [4.69, 9.17) is 15.7 Å². The van der Waals surface area contributed by atoms with Crippen LogP contribution in [0.1, 0.15) is 0 Å². The molecule has 0 atom stereocenters. The number of aromatic hydroxyl groups is 8. The lowest BCUT2D eigenvalue weighted by molar-refractivity contribution is 0.404. The molecular weight excluding hydrogens is 754 g/mol. The Morgan fingerprint density at radius 3 is 1.07 bits per heavy atom. The smallest absolute Gasteiger partial charge is 0.185 e. The van der Waals surface area contributed by atoms with Crippen LogP contribution in [0.15, 0.2) is 133 Å². The summed E-state index contributed by atoms with van der Waals surface area (Å²) < 4.78 is 2.69. The predicted octanol–water partition coefficient (Wildman–Crippen LogP) is 8.11. The first kappa shape index (κ1) is 36.2. The highest BCUT2D eigenvalue weighted by Gasteiger charge is 2.34. The van der Waals surface area contributed by atoms with Gasteiger partial charge in [-0.1, -0.05) is 109 Å². The summed E-state index contributed by atoms with van der Waals surface area (Å²) in [5, 5.41) is 92.9. The van der Waals surface area contributed by atoms with E-state index in [1.54, 1.807) is 42.5 Å². The summed E-state index contributed by atoms with van der Waals surface area (Å²) in [4.78, 5) is 0. The van der Waals surface area contributed by atoms with Crippen LogP contribution in [0.2, 0.25) is 0 Å². The predicted molar refractivity (Wildman–Crippen MR) is 236 cm³/mol. The molecule has 0 saturated carbocycles. The number of phenolic OH excluding ortho intramolecular Hbond substituents is 8. The average Bonchev–Trinajstić information content (AvgIpc) is 3.84. The van der Waals surface area contributed by atoms with Gasteiger partial charge in [0.25, 0.3) is 0 Å².